The topological polar surface area (TPSA) is 50.0 Å². The molecule has 1 N–H and O–H groups in total. The first-order chi connectivity index (χ1) is 12.5. The van der Waals surface area contributed by atoms with Crippen molar-refractivity contribution in [2.24, 2.45) is 0 Å². The first-order valence-corrected chi connectivity index (χ1v) is 9.89. The second-order valence-electron chi connectivity index (χ2n) is 6.10. The van der Waals surface area contributed by atoms with Gasteiger partial charge in [0.15, 0.2) is 0 Å². The average Bonchev–Trinajstić information content (AvgIpc) is 3.19. The maximum atomic E-state index is 5.52. The molecule has 0 spiro atoms. The Bertz CT molecular complexity index is 937. The fraction of sp³-hybridized carbons (Fsp3) is 0.263. The van der Waals surface area contributed by atoms with Crippen molar-refractivity contribution in [3.05, 3.63) is 64.1 Å². The normalized spacial score (nSPS) is 11.7. The number of nitrogens with zero attached hydrogens (tertiary/aromatic N) is 3. The van der Waals surface area contributed by atoms with Crippen LogP contribution >= 0.6 is 24.0 Å². The summed E-state index contributed by atoms with van der Waals surface area (Å²) in [5, 5.41) is 3.22. The molecule has 0 fully saturated rings. The van der Waals surface area contributed by atoms with E-state index in [1.807, 2.05) is 35.9 Å². The molecule has 0 aliphatic carbocycles. The monoisotopic (exact) mass is 386 g/mol. The van der Waals surface area contributed by atoms with Crippen LogP contribution in [0, 0.1) is 11.7 Å². The summed E-state index contributed by atoms with van der Waals surface area (Å²) >= 11 is 7.11. The van der Waals surface area contributed by atoms with Crippen LogP contribution < -0.4 is 0 Å². The summed E-state index contributed by atoms with van der Waals surface area (Å²) in [6.45, 7) is 3.40. The Kier molecular flexibility index (Phi) is 6.13. The molecule has 0 amide bonds. The van der Waals surface area contributed by atoms with Gasteiger partial charge < -0.3 is 4.42 Å². The number of H-pyrrole nitrogens is 1. The first kappa shape index (κ1) is 18.7. The molecule has 2 aromatic heterocycles. The minimum absolute atomic E-state index is 0.532. The maximum absolute atomic E-state index is 5.52. The van der Waals surface area contributed by atoms with Crippen LogP contribution in [-0.4, -0.2) is 33.0 Å². The minimum Gasteiger partial charge on any atom is -0.462 e. The van der Waals surface area contributed by atoms with Crippen LogP contribution in [0.1, 0.15) is 22.9 Å². The molecule has 0 unspecified atom stereocenters. The van der Waals surface area contributed by atoms with Crippen molar-refractivity contribution in [2.75, 3.05) is 13.3 Å². The number of hydrogen-bond acceptors (Lipinski definition) is 5. The number of rotatable bonds is 7. The molecule has 0 atom stereocenters. The highest BCUT2D eigenvalue weighted by Crippen LogP contribution is 2.16. The summed E-state index contributed by atoms with van der Waals surface area (Å²) in [4.78, 5) is 7.84. The zero-order valence-electron chi connectivity index (χ0n) is 15.1. The highest BCUT2D eigenvalue weighted by molar-refractivity contribution is 7.98. The number of aromatic nitrogens is 3. The van der Waals surface area contributed by atoms with E-state index in [-0.39, 0.29) is 0 Å². The largest absolute Gasteiger partial charge is 0.462 e. The number of thioether (sulfide) groups is 1. The van der Waals surface area contributed by atoms with Crippen molar-refractivity contribution >= 4 is 36.1 Å². The number of benzene rings is 1. The zero-order chi connectivity index (χ0) is 18.5. The highest BCUT2D eigenvalue weighted by Gasteiger charge is 2.05. The van der Waals surface area contributed by atoms with Crippen LogP contribution in [0.25, 0.3) is 12.2 Å². The molecule has 2 heterocycles. The lowest BCUT2D eigenvalue weighted by Crippen LogP contribution is -2.22. The third-order valence-electron chi connectivity index (χ3n) is 3.86. The van der Waals surface area contributed by atoms with Gasteiger partial charge in [-0.3, -0.25) is 10.00 Å². The molecule has 3 rings (SSSR count). The predicted molar refractivity (Wildman–Crippen MR) is 109 cm³/mol. The molecular weight excluding hydrogens is 364 g/mol. The number of aryl methyl sites for hydroxylation is 1. The molecule has 3 aromatic rings. The summed E-state index contributed by atoms with van der Waals surface area (Å²) in [5.41, 5.74) is 1.27. The first-order valence-electron chi connectivity index (χ1n) is 8.26. The summed E-state index contributed by atoms with van der Waals surface area (Å²) in [5.74, 6) is 2.39. The molecule has 136 valence electrons. The molecule has 1 aromatic carbocycles. The van der Waals surface area contributed by atoms with Crippen molar-refractivity contribution < 1.29 is 4.42 Å². The van der Waals surface area contributed by atoms with Gasteiger partial charge in [-0.05, 0) is 74.4 Å². The molecule has 0 radical (unpaired) electrons. The van der Waals surface area contributed by atoms with Crippen LogP contribution in [0.3, 0.4) is 0 Å². The van der Waals surface area contributed by atoms with Crippen molar-refractivity contribution in [2.45, 2.75) is 25.0 Å². The SMILES string of the molecule is CSc1ccc(CN(C)Cn2[nH]c(C=Cc3ccc(C)o3)nc2=S)cc1. The minimum atomic E-state index is 0.532. The van der Waals surface area contributed by atoms with Gasteiger partial charge in [-0.2, -0.15) is 4.98 Å². The molecule has 26 heavy (non-hydrogen) atoms. The summed E-state index contributed by atoms with van der Waals surface area (Å²) in [7, 11) is 2.06. The van der Waals surface area contributed by atoms with Crippen LogP contribution in [0.5, 0.6) is 0 Å². The van der Waals surface area contributed by atoms with Crippen molar-refractivity contribution in [1.29, 1.82) is 0 Å². The smallest absolute Gasteiger partial charge is 0.217 e. The van der Waals surface area contributed by atoms with E-state index in [1.54, 1.807) is 11.8 Å². The van der Waals surface area contributed by atoms with E-state index < -0.39 is 0 Å². The standard InChI is InChI=1S/C19H22N4OS2/c1-14-4-7-16(24-14)8-11-18-20-19(25)23(21-18)13-22(2)12-15-5-9-17(26-3)10-6-15/h4-11H,12-13H2,1-3H3,(H,20,21,25). The van der Waals surface area contributed by atoms with Gasteiger partial charge in [0.25, 0.3) is 0 Å². The van der Waals surface area contributed by atoms with Crippen LogP contribution in [0.15, 0.2) is 45.7 Å². The molecular formula is C19H22N4OS2. The van der Waals surface area contributed by atoms with Crippen molar-refractivity contribution in [1.82, 2.24) is 19.7 Å². The van der Waals surface area contributed by atoms with Gasteiger partial charge in [-0.15, -0.1) is 11.8 Å². The van der Waals surface area contributed by atoms with E-state index in [9.17, 15) is 0 Å². The Balaban J connectivity index is 1.63. The lowest BCUT2D eigenvalue weighted by atomic mass is 10.2. The van der Waals surface area contributed by atoms with Crippen molar-refractivity contribution in [3.8, 4) is 0 Å². The summed E-state index contributed by atoms with van der Waals surface area (Å²) in [6.07, 6.45) is 5.83. The lowest BCUT2D eigenvalue weighted by Gasteiger charge is -2.17. The third kappa shape index (κ3) is 4.97. The van der Waals surface area contributed by atoms with Gasteiger partial charge in [0.1, 0.15) is 17.3 Å². The fourth-order valence-electron chi connectivity index (χ4n) is 2.58. The van der Waals surface area contributed by atoms with Gasteiger partial charge in [0, 0.05) is 11.4 Å². The number of furan rings is 1. The number of aromatic amines is 1. The van der Waals surface area contributed by atoms with Crippen LogP contribution in [0.4, 0.5) is 0 Å². The Morgan fingerprint density at radius 2 is 2.00 bits per heavy atom. The summed E-state index contributed by atoms with van der Waals surface area (Å²) < 4.78 is 7.91. The predicted octanol–water partition coefficient (Wildman–Crippen LogP) is 4.82. The quantitative estimate of drug-likeness (QED) is 0.466. The van der Waals surface area contributed by atoms with Gasteiger partial charge in [0.2, 0.25) is 4.77 Å². The Morgan fingerprint density at radius 3 is 2.65 bits per heavy atom. The van der Waals surface area contributed by atoms with E-state index in [2.05, 4.69) is 52.6 Å². The fourth-order valence-corrected chi connectivity index (χ4v) is 3.19. The average molecular weight is 387 g/mol. The van der Waals surface area contributed by atoms with Crippen molar-refractivity contribution in [3.63, 3.8) is 0 Å². The van der Waals surface area contributed by atoms with E-state index in [0.29, 0.717) is 17.3 Å². The summed E-state index contributed by atoms with van der Waals surface area (Å²) in [6, 6.07) is 12.5. The second-order valence-corrected chi connectivity index (χ2v) is 7.35. The van der Waals surface area contributed by atoms with Crippen LogP contribution in [0.2, 0.25) is 0 Å². The number of nitrogens with one attached hydrogen (secondary N) is 1. The Labute approximate surface area is 162 Å². The van der Waals surface area contributed by atoms with Gasteiger partial charge in [0.05, 0.1) is 6.67 Å². The highest BCUT2D eigenvalue weighted by atomic mass is 32.2. The van der Waals surface area contributed by atoms with E-state index in [1.165, 1.54) is 10.5 Å². The maximum Gasteiger partial charge on any atom is 0.217 e. The second kappa shape index (κ2) is 8.53. The van der Waals surface area contributed by atoms with E-state index in [0.717, 1.165) is 18.1 Å². The Morgan fingerprint density at radius 1 is 1.23 bits per heavy atom. The van der Waals surface area contributed by atoms with Gasteiger partial charge in [-0.1, -0.05) is 12.1 Å². The molecule has 0 saturated heterocycles. The lowest BCUT2D eigenvalue weighted by molar-refractivity contribution is 0.244. The number of hydrogen-bond donors (Lipinski definition) is 1. The van der Waals surface area contributed by atoms with E-state index in [4.69, 9.17) is 16.6 Å². The zero-order valence-corrected chi connectivity index (χ0v) is 16.7. The van der Waals surface area contributed by atoms with Gasteiger partial charge in [-0.25, -0.2) is 4.68 Å². The molecule has 0 aliphatic heterocycles. The third-order valence-corrected chi connectivity index (χ3v) is 4.91. The van der Waals surface area contributed by atoms with Crippen LogP contribution in [-0.2, 0) is 13.2 Å². The van der Waals surface area contributed by atoms with E-state index >= 15 is 0 Å². The molecule has 5 nitrogen and oxygen atoms in total. The van der Waals surface area contributed by atoms with Gasteiger partial charge >= 0.3 is 0 Å². The molecule has 7 heteroatoms. The Hall–Kier alpha value is -2.09. The molecule has 0 aliphatic rings. The molecule has 0 saturated carbocycles. The molecule has 0 bridgehead atoms.